The molecule has 0 saturated carbocycles. The zero-order valence-corrected chi connectivity index (χ0v) is 11.5. The van der Waals surface area contributed by atoms with Crippen molar-refractivity contribution in [1.82, 2.24) is 4.98 Å². The molecule has 1 heterocycles. The van der Waals surface area contributed by atoms with Crippen LogP contribution in [0.3, 0.4) is 0 Å². The van der Waals surface area contributed by atoms with E-state index in [-0.39, 0.29) is 11.5 Å². The summed E-state index contributed by atoms with van der Waals surface area (Å²) in [6.07, 6.45) is 3.27. The molecule has 2 aromatic rings. The summed E-state index contributed by atoms with van der Waals surface area (Å²) in [5.41, 5.74) is 1.23. The molecule has 0 radical (unpaired) electrons. The Morgan fingerprint density at radius 1 is 1.11 bits per heavy atom. The molecule has 0 aliphatic rings. The lowest BCUT2D eigenvalue weighted by atomic mass is 9.92. The van der Waals surface area contributed by atoms with Gasteiger partial charge in [-0.3, -0.25) is 4.98 Å². The van der Waals surface area contributed by atoms with Crippen molar-refractivity contribution >= 4 is 11.6 Å². The van der Waals surface area contributed by atoms with Gasteiger partial charge >= 0.3 is 0 Å². The van der Waals surface area contributed by atoms with Crippen LogP contribution in [0, 0.1) is 18.6 Å². The molecule has 0 bridgehead atoms. The number of aromatic nitrogens is 1. The van der Waals surface area contributed by atoms with Crippen LogP contribution >= 0.6 is 11.6 Å². The van der Waals surface area contributed by atoms with Crippen LogP contribution < -0.4 is 0 Å². The summed E-state index contributed by atoms with van der Waals surface area (Å²) in [4.78, 5) is 3.92. The van der Waals surface area contributed by atoms with E-state index in [1.54, 1.807) is 31.5 Å². The standard InChI is InChI=1S/C15H14ClF2N/c1-9-3-4-12(17)13(15(9)18)14(16)10(2)11-5-7-19-8-6-11/h3-8,10,14H,1-2H3. The second kappa shape index (κ2) is 5.66. The molecule has 0 aliphatic carbocycles. The predicted molar refractivity (Wildman–Crippen MR) is 72.3 cm³/mol. The average Bonchev–Trinajstić information content (AvgIpc) is 2.43. The first-order valence-electron chi connectivity index (χ1n) is 6.01. The molecule has 2 atom stereocenters. The molecule has 100 valence electrons. The van der Waals surface area contributed by atoms with E-state index in [1.165, 1.54) is 12.1 Å². The van der Waals surface area contributed by atoms with Gasteiger partial charge < -0.3 is 0 Å². The first-order chi connectivity index (χ1) is 9.02. The fraction of sp³-hybridized carbons (Fsp3) is 0.267. The third kappa shape index (κ3) is 2.76. The van der Waals surface area contributed by atoms with Gasteiger partial charge in [0.05, 0.1) is 5.38 Å². The summed E-state index contributed by atoms with van der Waals surface area (Å²) < 4.78 is 27.9. The van der Waals surface area contributed by atoms with Crippen LogP contribution in [0.2, 0.25) is 0 Å². The Bertz CT molecular complexity index is 572. The molecular formula is C15H14ClF2N. The van der Waals surface area contributed by atoms with Gasteiger partial charge in [-0.15, -0.1) is 11.6 Å². The van der Waals surface area contributed by atoms with Gasteiger partial charge in [0.2, 0.25) is 0 Å². The highest BCUT2D eigenvalue weighted by molar-refractivity contribution is 6.21. The third-order valence-corrected chi connectivity index (χ3v) is 3.86. The fourth-order valence-electron chi connectivity index (χ4n) is 2.02. The summed E-state index contributed by atoms with van der Waals surface area (Å²) >= 11 is 6.27. The molecular weight excluding hydrogens is 268 g/mol. The van der Waals surface area contributed by atoms with Gasteiger partial charge in [0.1, 0.15) is 11.6 Å². The Kier molecular flexibility index (Phi) is 4.15. The molecule has 4 heteroatoms. The first-order valence-corrected chi connectivity index (χ1v) is 6.44. The Balaban J connectivity index is 2.40. The monoisotopic (exact) mass is 281 g/mol. The number of aryl methyl sites for hydroxylation is 1. The summed E-state index contributed by atoms with van der Waals surface area (Å²) in [6.45, 7) is 3.44. The lowest BCUT2D eigenvalue weighted by Crippen LogP contribution is -2.08. The maximum Gasteiger partial charge on any atom is 0.133 e. The van der Waals surface area contributed by atoms with Crippen LogP contribution in [0.5, 0.6) is 0 Å². The molecule has 1 aromatic carbocycles. The minimum atomic E-state index is -0.762. The molecule has 1 aromatic heterocycles. The number of hydrogen-bond donors (Lipinski definition) is 0. The highest BCUT2D eigenvalue weighted by Crippen LogP contribution is 2.38. The van der Waals surface area contributed by atoms with Crippen LogP contribution in [0.15, 0.2) is 36.7 Å². The van der Waals surface area contributed by atoms with Crippen molar-refractivity contribution in [2.75, 3.05) is 0 Å². The van der Waals surface area contributed by atoms with Crippen molar-refractivity contribution in [2.24, 2.45) is 0 Å². The van der Waals surface area contributed by atoms with Gasteiger partial charge in [-0.2, -0.15) is 0 Å². The van der Waals surface area contributed by atoms with E-state index in [4.69, 9.17) is 11.6 Å². The van der Waals surface area contributed by atoms with E-state index in [0.717, 1.165) is 5.56 Å². The second-order valence-corrected chi connectivity index (χ2v) is 5.03. The van der Waals surface area contributed by atoms with Crippen LogP contribution in [0.4, 0.5) is 8.78 Å². The highest BCUT2D eigenvalue weighted by Gasteiger charge is 2.25. The number of nitrogens with zero attached hydrogens (tertiary/aromatic N) is 1. The van der Waals surface area contributed by atoms with Gasteiger partial charge in [-0.05, 0) is 36.2 Å². The fourth-order valence-corrected chi connectivity index (χ4v) is 2.36. The molecule has 0 N–H and O–H groups in total. The molecule has 0 aliphatic heterocycles. The minimum Gasteiger partial charge on any atom is -0.265 e. The zero-order valence-electron chi connectivity index (χ0n) is 10.7. The number of hydrogen-bond acceptors (Lipinski definition) is 1. The van der Waals surface area contributed by atoms with Gasteiger partial charge in [0.25, 0.3) is 0 Å². The molecule has 19 heavy (non-hydrogen) atoms. The van der Waals surface area contributed by atoms with Crippen molar-refractivity contribution in [2.45, 2.75) is 25.1 Å². The number of rotatable bonds is 3. The third-order valence-electron chi connectivity index (χ3n) is 3.27. The molecule has 1 nitrogen and oxygen atoms in total. The van der Waals surface area contributed by atoms with E-state index in [9.17, 15) is 8.78 Å². The molecule has 2 unspecified atom stereocenters. The van der Waals surface area contributed by atoms with Crippen molar-refractivity contribution < 1.29 is 8.78 Å². The molecule has 0 fully saturated rings. The molecule has 0 spiro atoms. The summed E-state index contributed by atoms with van der Waals surface area (Å²) in [7, 11) is 0. The smallest absolute Gasteiger partial charge is 0.133 e. The summed E-state index contributed by atoms with van der Waals surface area (Å²) in [6, 6.07) is 6.26. The minimum absolute atomic E-state index is 0.0639. The Morgan fingerprint density at radius 3 is 2.37 bits per heavy atom. The van der Waals surface area contributed by atoms with Crippen LogP contribution in [0.1, 0.15) is 34.9 Å². The van der Waals surface area contributed by atoms with E-state index in [2.05, 4.69) is 4.98 Å². The van der Waals surface area contributed by atoms with Gasteiger partial charge in [-0.1, -0.05) is 13.0 Å². The molecule has 0 saturated heterocycles. The normalized spacial score (nSPS) is 14.2. The SMILES string of the molecule is Cc1ccc(F)c(C(Cl)C(C)c2ccncc2)c1F. The van der Waals surface area contributed by atoms with E-state index in [0.29, 0.717) is 5.56 Å². The Morgan fingerprint density at radius 2 is 1.74 bits per heavy atom. The largest absolute Gasteiger partial charge is 0.265 e. The van der Waals surface area contributed by atoms with Crippen molar-refractivity contribution in [1.29, 1.82) is 0 Å². The maximum atomic E-state index is 14.1. The van der Waals surface area contributed by atoms with Crippen LogP contribution in [-0.4, -0.2) is 4.98 Å². The number of alkyl halides is 1. The Hall–Kier alpha value is -1.48. The van der Waals surface area contributed by atoms with Crippen LogP contribution in [0.25, 0.3) is 0 Å². The maximum absolute atomic E-state index is 14.1. The van der Waals surface area contributed by atoms with Crippen molar-refractivity contribution in [3.63, 3.8) is 0 Å². The first kappa shape index (κ1) is 13.9. The van der Waals surface area contributed by atoms with E-state index >= 15 is 0 Å². The topological polar surface area (TPSA) is 12.9 Å². The van der Waals surface area contributed by atoms with Gasteiger partial charge in [0.15, 0.2) is 0 Å². The van der Waals surface area contributed by atoms with Crippen molar-refractivity contribution in [3.05, 3.63) is 65.0 Å². The molecule has 0 amide bonds. The second-order valence-electron chi connectivity index (χ2n) is 4.56. The average molecular weight is 282 g/mol. The van der Waals surface area contributed by atoms with E-state index in [1.807, 2.05) is 6.92 Å². The molecule has 2 rings (SSSR count). The lowest BCUT2D eigenvalue weighted by Gasteiger charge is -2.20. The predicted octanol–water partition coefficient (Wildman–Crippen LogP) is 4.75. The van der Waals surface area contributed by atoms with Crippen LogP contribution in [-0.2, 0) is 0 Å². The van der Waals surface area contributed by atoms with Gasteiger partial charge in [0, 0.05) is 23.9 Å². The quantitative estimate of drug-likeness (QED) is 0.740. The number of pyridine rings is 1. The zero-order chi connectivity index (χ0) is 14.0. The highest BCUT2D eigenvalue weighted by atomic mass is 35.5. The number of benzene rings is 1. The summed E-state index contributed by atoms with van der Waals surface area (Å²) in [5.74, 6) is -1.39. The van der Waals surface area contributed by atoms with Gasteiger partial charge in [-0.25, -0.2) is 8.78 Å². The number of halogens is 3. The summed E-state index contributed by atoms with van der Waals surface area (Å²) in [5, 5.41) is -0.762. The van der Waals surface area contributed by atoms with Crippen molar-refractivity contribution in [3.8, 4) is 0 Å². The van der Waals surface area contributed by atoms with E-state index < -0.39 is 17.0 Å². The lowest BCUT2D eigenvalue weighted by molar-refractivity contribution is 0.532. The Labute approximate surface area is 116 Å².